The zero-order chi connectivity index (χ0) is 36.5. The minimum Gasteiger partial charge on any atom is -0.392 e. The van der Waals surface area contributed by atoms with Gasteiger partial charge in [-0.3, -0.25) is 4.79 Å². The number of rotatable bonds is 14. The van der Waals surface area contributed by atoms with Crippen LogP contribution in [-0.2, 0) is 43.9 Å². The van der Waals surface area contributed by atoms with Crippen molar-refractivity contribution in [2.45, 2.75) is 67.9 Å². The summed E-state index contributed by atoms with van der Waals surface area (Å²) in [5.74, 6) is 0.291. The van der Waals surface area contributed by atoms with E-state index in [1.54, 1.807) is 30.1 Å². The van der Waals surface area contributed by atoms with E-state index in [4.69, 9.17) is 9.47 Å². The average molecular weight is 738 g/mol. The third kappa shape index (κ3) is 9.74. The first kappa shape index (κ1) is 37.4. The maximum Gasteiger partial charge on any atom is 0.241 e. The van der Waals surface area contributed by atoms with Crippen LogP contribution in [0.25, 0.3) is 0 Å². The molecule has 1 fully saturated rings. The number of hydrogen-bond acceptors (Lipinski definition) is 8. The van der Waals surface area contributed by atoms with Crippen LogP contribution in [0.2, 0.25) is 0 Å². The van der Waals surface area contributed by atoms with Crippen LogP contribution < -0.4 is 10.0 Å². The molecular weight excluding hydrogens is 695 g/mol. The number of nitrogens with zero attached hydrogens (tertiary/aromatic N) is 1. The first-order valence-corrected chi connectivity index (χ1v) is 19.7. The monoisotopic (exact) mass is 737 g/mol. The number of amides is 1. The average Bonchev–Trinajstić information content (AvgIpc) is 3.17. The van der Waals surface area contributed by atoms with E-state index in [1.165, 1.54) is 12.1 Å². The second-order valence-electron chi connectivity index (χ2n) is 12.9. The summed E-state index contributed by atoms with van der Waals surface area (Å²) in [5.41, 5.74) is 5.28. The van der Waals surface area contributed by atoms with Crippen LogP contribution in [0.3, 0.4) is 0 Å². The molecule has 1 aliphatic heterocycles. The van der Waals surface area contributed by atoms with Crippen molar-refractivity contribution in [2.24, 2.45) is 5.92 Å². The van der Waals surface area contributed by atoms with Crippen molar-refractivity contribution < 1.29 is 27.8 Å². The summed E-state index contributed by atoms with van der Waals surface area (Å²) in [6.45, 7) is 4.18. The Morgan fingerprint density at radius 1 is 0.827 bits per heavy atom. The Labute approximate surface area is 309 Å². The van der Waals surface area contributed by atoms with Gasteiger partial charge in [0.15, 0.2) is 6.29 Å². The second-order valence-corrected chi connectivity index (χ2v) is 15.7. The van der Waals surface area contributed by atoms with Crippen molar-refractivity contribution in [1.82, 2.24) is 15.0 Å². The van der Waals surface area contributed by atoms with Gasteiger partial charge < -0.3 is 19.9 Å². The third-order valence-corrected chi connectivity index (χ3v) is 11.6. The Morgan fingerprint density at radius 3 is 2.17 bits per heavy atom. The molecule has 11 heteroatoms. The number of hydrogen-bond donors (Lipinski definition) is 3. The topological polar surface area (TPSA) is 127 Å². The smallest absolute Gasteiger partial charge is 0.241 e. The Balaban J connectivity index is 1.15. The third-order valence-electron chi connectivity index (χ3n) is 9.10. The van der Waals surface area contributed by atoms with Gasteiger partial charge in [0.05, 0.1) is 28.7 Å². The van der Waals surface area contributed by atoms with Crippen molar-refractivity contribution in [3.05, 3.63) is 161 Å². The quantitative estimate of drug-likeness (QED) is 0.108. The largest absolute Gasteiger partial charge is 0.392 e. The van der Waals surface area contributed by atoms with Crippen molar-refractivity contribution in [3.63, 3.8) is 0 Å². The highest BCUT2D eigenvalue weighted by Gasteiger charge is 2.38. The summed E-state index contributed by atoms with van der Waals surface area (Å²) >= 11 is 1.64. The van der Waals surface area contributed by atoms with Crippen LogP contribution >= 0.6 is 11.8 Å². The molecule has 2 heterocycles. The molecule has 9 nitrogen and oxygen atoms in total. The van der Waals surface area contributed by atoms with Crippen molar-refractivity contribution >= 4 is 27.7 Å². The number of benzene rings is 4. The Bertz CT molecular complexity index is 2000. The number of aryl methyl sites for hydroxylation is 1. The minimum absolute atomic E-state index is 0.0278. The fourth-order valence-corrected chi connectivity index (χ4v) is 8.25. The van der Waals surface area contributed by atoms with Gasteiger partial charge >= 0.3 is 0 Å². The van der Waals surface area contributed by atoms with Crippen LogP contribution in [0.1, 0.15) is 52.7 Å². The van der Waals surface area contributed by atoms with Crippen LogP contribution in [0.5, 0.6) is 0 Å². The van der Waals surface area contributed by atoms with Gasteiger partial charge in [0.1, 0.15) is 6.04 Å². The molecule has 270 valence electrons. The van der Waals surface area contributed by atoms with E-state index in [0.717, 1.165) is 38.4 Å². The van der Waals surface area contributed by atoms with Crippen molar-refractivity contribution in [2.75, 3.05) is 5.75 Å². The number of pyridine rings is 1. The molecule has 1 aliphatic rings. The van der Waals surface area contributed by atoms with Gasteiger partial charge in [-0.25, -0.2) is 13.4 Å². The first-order chi connectivity index (χ1) is 25.2. The number of ether oxygens (including phenoxy) is 2. The van der Waals surface area contributed by atoms with E-state index in [2.05, 4.69) is 21.9 Å². The predicted octanol–water partition coefficient (Wildman–Crippen LogP) is 6.67. The zero-order valence-corrected chi connectivity index (χ0v) is 30.7. The van der Waals surface area contributed by atoms with Gasteiger partial charge in [-0.1, -0.05) is 110 Å². The number of nitrogens with one attached hydrogen (secondary N) is 2. The van der Waals surface area contributed by atoms with Gasteiger partial charge in [0.25, 0.3) is 0 Å². The summed E-state index contributed by atoms with van der Waals surface area (Å²) in [6, 6.07) is 36.2. The number of carbonyl (C=O) groups excluding carboxylic acids is 1. The molecule has 4 aromatic carbocycles. The SMILES string of the molecule is Cc1ccc(S(=O)(=O)N[C@H](Cc2ccccc2)C(=O)NCc2ccc([C@H]3O[C@@H](CSc4ccccn4)[C@@H](C)[C@@H](c4ccc(CO)cc4)O3)cc2)cc1. The number of aromatic nitrogens is 1. The highest BCUT2D eigenvalue weighted by molar-refractivity contribution is 7.99. The molecule has 5 atom stereocenters. The lowest BCUT2D eigenvalue weighted by Gasteiger charge is -2.41. The molecule has 1 aromatic heterocycles. The molecule has 1 saturated heterocycles. The van der Waals surface area contributed by atoms with Crippen LogP contribution in [0.15, 0.2) is 137 Å². The number of aliphatic hydroxyl groups is 1. The summed E-state index contributed by atoms with van der Waals surface area (Å²) in [4.78, 5) is 18.1. The summed E-state index contributed by atoms with van der Waals surface area (Å²) in [6.07, 6.45) is 0.947. The molecule has 5 aromatic rings. The Kier molecular flexibility index (Phi) is 12.5. The van der Waals surface area contributed by atoms with Crippen LogP contribution in [-0.4, -0.2) is 42.3 Å². The van der Waals surface area contributed by atoms with Gasteiger partial charge in [0.2, 0.25) is 15.9 Å². The standard InChI is InChI=1S/C41H43N3O6S2/c1-28-11-21-35(22-12-28)52(47,48)44-36(24-30-8-4-3-5-9-30)40(46)43-25-31-13-19-34(20-14-31)41-49-37(27-51-38-10-6-7-23-42-38)29(2)39(50-41)33-17-15-32(26-45)16-18-33/h3-23,29,36-37,39,41,44-45H,24-27H2,1-2H3,(H,43,46)/t29-,36-,37+,39+,41+/m1/s1. The predicted molar refractivity (Wildman–Crippen MR) is 202 cm³/mol. The molecule has 0 spiro atoms. The van der Waals surface area contributed by atoms with E-state index in [9.17, 15) is 18.3 Å². The van der Waals surface area contributed by atoms with E-state index in [1.807, 2.05) is 104 Å². The lowest BCUT2D eigenvalue weighted by molar-refractivity contribution is -0.268. The zero-order valence-electron chi connectivity index (χ0n) is 29.1. The molecule has 0 bridgehead atoms. The molecule has 0 aliphatic carbocycles. The Hall–Kier alpha value is -4.36. The fourth-order valence-electron chi connectivity index (χ4n) is 6.03. The van der Waals surface area contributed by atoms with Gasteiger partial charge in [-0.05, 0) is 59.9 Å². The van der Waals surface area contributed by atoms with Crippen molar-refractivity contribution in [1.29, 1.82) is 0 Å². The summed E-state index contributed by atoms with van der Waals surface area (Å²) in [5, 5.41) is 13.4. The van der Waals surface area contributed by atoms with Gasteiger partial charge in [0, 0.05) is 30.0 Å². The second kappa shape index (κ2) is 17.4. The summed E-state index contributed by atoms with van der Waals surface area (Å²) < 4.78 is 42.4. The van der Waals surface area contributed by atoms with E-state index in [-0.39, 0.29) is 42.6 Å². The number of sulfonamides is 1. The van der Waals surface area contributed by atoms with Crippen molar-refractivity contribution in [3.8, 4) is 0 Å². The minimum atomic E-state index is -3.95. The molecule has 0 saturated carbocycles. The normalized spacial score (nSPS) is 19.5. The lowest BCUT2D eigenvalue weighted by Crippen LogP contribution is -2.47. The number of thioether (sulfide) groups is 1. The Morgan fingerprint density at radius 2 is 1.50 bits per heavy atom. The molecule has 1 amide bonds. The van der Waals surface area contributed by atoms with E-state index in [0.29, 0.717) is 5.75 Å². The maximum atomic E-state index is 13.5. The van der Waals surface area contributed by atoms with Crippen LogP contribution in [0, 0.1) is 12.8 Å². The number of aliphatic hydroxyl groups excluding tert-OH is 1. The maximum absolute atomic E-state index is 13.5. The molecule has 6 rings (SSSR count). The molecule has 3 N–H and O–H groups in total. The highest BCUT2D eigenvalue weighted by atomic mass is 32.2. The molecular formula is C41H43N3O6S2. The summed E-state index contributed by atoms with van der Waals surface area (Å²) in [7, 11) is -3.95. The fraction of sp³-hybridized carbons (Fsp3) is 0.268. The lowest BCUT2D eigenvalue weighted by atomic mass is 9.91. The molecule has 0 unspecified atom stereocenters. The van der Waals surface area contributed by atoms with E-state index >= 15 is 0 Å². The van der Waals surface area contributed by atoms with E-state index < -0.39 is 28.3 Å². The highest BCUT2D eigenvalue weighted by Crippen LogP contribution is 2.43. The van der Waals surface area contributed by atoms with Crippen LogP contribution in [0.4, 0.5) is 0 Å². The molecule has 52 heavy (non-hydrogen) atoms. The first-order valence-electron chi connectivity index (χ1n) is 17.2. The molecule has 0 radical (unpaired) electrons. The van der Waals surface area contributed by atoms with Gasteiger partial charge in [-0.15, -0.1) is 11.8 Å². The van der Waals surface area contributed by atoms with Gasteiger partial charge in [-0.2, -0.15) is 4.72 Å². The number of carbonyl (C=O) groups is 1.